The molecule has 2 rings (SSSR count). The van der Waals surface area contributed by atoms with Gasteiger partial charge in [0.25, 0.3) is 0 Å². The Labute approximate surface area is 126 Å². The Morgan fingerprint density at radius 3 is 2.52 bits per heavy atom. The molecule has 5 nitrogen and oxygen atoms in total. The maximum atomic E-state index is 12.0. The lowest BCUT2D eigenvalue weighted by Crippen LogP contribution is -2.44. The smallest absolute Gasteiger partial charge is 0.311 e. The van der Waals surface area contributed by atoms with Gasteiger partial charge >= 0.3 is 5.97 Å². The lowest BCUT2D eigenvalue weighted by atomic mass is 9.74. The van der Waals surface area contributed by atoms with E-state index < -0.39 is 11.4 Å². The molecule has 0 bridgehead atoms. The van der Waals surface area contributed by atoms with E-state index in [4.69, 9.17) is 0 Å². The van der Waals surface area contributed by atoms with Crippen LogP contribution in [0.2, 0.25) is 0 Å². The highest BCUT2D eigenvalue weighted by Gasteiger charge is 2.39. The Bertz CT molecular complexity index is 359. The van der Waals surface area contributed by atoms with Crippen molar-refractivity contribution in [2.75, 3.05) is 13.1 Å². The van der Waals surface area contributed by atoms with Crippen LogP contribution >= 0.6 is 0 Å². The van der Waals surface area contributed by atoms with Gasteiger partial charge in [0.05, 0.1) is 5.41 Å². The molecular formula is C16H28N2O3. The number of carboxylic acids is 1. The van der Waals surface area contributed by atoms with Gasteiger partial charge in [-0.05, 0) is 38.6 Å². The summed E-state index contributed by atoms with van der Waals surface area (Å²) < 4.78 is 0. The molecule has 5 heteroatoms. The van der Waals surface area contributed by atoms with Crippen molar-refractivity contribution in [3.05, 3.63) is 0 Å². The summed E-state index contributed by atoms with van der Waals surface area (Å²) in [6.45, 7) is 1.34. The molecule has 0 spiro atoms. The van der Waals surface area contributed by atoms with Gasteiger partial charge in [0.1, 0.15) is 0 Å². The number of carboxylic acid groups (broad SMARTS) is 1. The lowest BCUT2D eigenvalue weighted by Gasteiger charge is -2.33. The maximum absolute atomic E-state index is 12.0. The minimum Gasteiger partial charge on any atom is -0.481 e. The fraction of sp³-hybridized carbons (Fsp3) is 0.875. The lowest BCUT2D eigenvalue weighted by molar-refractivity contribution is -0.151. The molecule has 1 saturated heterocycles. The van der Waals surface area contributed by atoms with Gasteiger partial charge in [-0.25, -0.2) is 0 Å². The number of amides is 1. The maximum Gasteiger partial charge on any atom is 0.311 e. The second-order valence-electron chi connectivity index (χ2n) is 6.61. The number of rotatable bonds is 6. The summed E-state index contributed by atoms with van der Waals surface area (Å²) >= 11 is 0. The zero-order chi connectivity index (χ0) is 15.1. The monoisotopic (exact) mass is 296 g/mol. The molecule has 2 fully saturated rings. The fourth-order valence-corrected chi connectivity index (χ4v) is 3.53. The number of aliphatic carboxylic acids is 1. The van der Waals surface area contributed by atoms with Crippen molar-refractivity contribution in [3.8, 4) is 0 Å². The molecule has 0 aromatic heterocycles. The number of carbonyl (C=O) groups is 2. The predicted octanol–water partition coefficient (Wildman–Crippen LogP) is 2.06. The van der Waals surface area contributed by atoms with Crippen molar-refractivity contribution < 1.29 is 14.7 Å². The van der Waals surface area contributed by atoms with E-state index in [1.807, 2.05) is 0 Å². The first kappa shape index (κ1) is 16.3. The van der Waals surface area contributed by atoms with Gasteiger partial charge in [-0.15, -0.1) is 0 Å². The number of hydrogen-bond donors (Lipinski definition) is 3. The summed E-state index contributed by atoms with van der Waals surface area (Å²) in [6.07, 6.45) is 9.34. The van der Waals surface area contributed by atoms with E-state index in [0.29, 0.717) is 31.8 Å². The van der Waals surface area contributed by atoms with Gasteiger partial charge in [-0.1, -0.05) is 25.7 Å². The van der Waals surface area contributed by atoms with Crippen molar-refractivity contribution in [2.24, 2.45) is 5.41 Å². The minimum absolute atomic E-state index is 0.00595. The van der Waals surface area contributed by atoms with E-state index in [2.05, 4.69) is 10.6 Å². The highest BCUT2D eigenvalue weighted by molar-refractivity contribution is 5.79. The molecule has 0 aromatic rings. The highest BCUT2D eigenvalue weighted by Crippen LogP contribution is 2.36. The summed E-state index contributed by atoms with van der Waals surface area (Å²) in [6, 6.07) is 0.451. The molecule has 120 valence electrons. The molecule has 1 aliphatic carbocycles. The summed E-state index contributed by atoms with van der Waals surface area (Å²) in [5.41, 5.74) is -0.725. The van der Waals surface area contributed by atoms with Gasteiger partial charge in [-0.2, -0.15) is 0 Å². The van der Waals surface area contributed by atoms with E-state index in [0.717, 1.165) is 38.6 Å². The summed E-state index contributed by atoms with van der Waals surface area (Å²) in [7, 11) is 0. The van der Waals surface area contributed by atoms with Gasteiger partial charge in [-0.3, -0.25) is 9.59 Å². The standard InChI is InChI=1S/C16H28N2O3/c19-14(8-7-13-6-2-5-11-17-13)18-12-16(15(20)21)9-3-1-4-10-16/h13,17H,1-12H2,(H,18,19)(H,20,21). The first-order valence-corrected chi connectivity index (χ1v) is 8.36. The van der Waals surface area contributed by atoms with Gasteiger partial charge < -0.3 is 15.7 Å². The zero-order valence-electron chi connectivity index (χ0n) is 12.8. The first-order chi connectivity index (χ1) is 10.1. The Kier molecular flexibility index (Phi) is 6.03. The van der Waals surface area contributed by atoms with Crippen molar-refractivity contribution in [3.63, 3.8) is 0 Å². The first-order valence-electron chi connectivity index (χ1n) is 8.36. The third kappa shape index (κ3) is 4.70. The van der Waals surface area contributed by atoms with Gasteiger partial charge in [0.2, 0.25) is 5.91 Å². The average Bonchev–Trinajstić information content (AvgIpc) is 2.52. The largest absolute Gasteiger partial charge is 0.481 e. The van der Waals surface area contributed by atoms with Crippen molar-refractivity contribution in [2.45, 2.75) is 70.3 Å². The molecule has 1 saturated carbocycles. The minimum atomic E-state index is -0.753. The summed E-state index contributed by atoms with van der Waals surface area (Å²) in [4.78, 5) is 23.5. The molecule has 2 aliphatic rings. The third-order valence-electron chi connectivity index (χ3n) is 5.02. The normalized spacial score (nSPS) is 25.2. The van der Waals surface area contributed by atoms with Crippen molar-refractivity contribution in [1.29, 1.82) is 0 Å². The molecular weight excluding hydrogens is 268 g/mol. The Hall–Kier alpha value is -1.10. The summed E-state index contributed by atoms with van der Waals surface area (Å²) in [5.74, 6) is -0.759. The summed E-state index contributed by atoms with van der Waals surface area (Å²) in [5, 5.41) is 15.8. The van der Waals surface area contributed by atoms with Crippen LogP contribution in [0.15, 0.2) is 0 Å². The molecule has 0 aromatic carbocycles. The van der Waals surface area contributed by atoms with Crippen LogP contribution in [0.25, 0.3) is 0 Å². The van der Waals surface area contributed by atoms with Crippen molar-refractivity contribution in [1.82, 2.24) is 10.6 Å². The molecule has 1 amide bonds. The zero-order valence-corrected chi connectivity index (χ0v) is 12.8. The molecule has 21 heavy (non-hydrogen) atoms. The van der Waals surface area contributed by atoms with Gasteiger partial charge in [0, 0.05) is 19.0 Å². The molecule has 1 aliphatic heterocycles. The quantitative estimate of drug-likeness (QED) is 0.701. The second-order valence-corrected chi connectivity index (χ2v) is 6.61. The Balaban J connectivity index is 1.72. The molecule has 1 atom stereocenters. The molecule has 1 heterocycles. The van der Waals surface area contributed by atoms with Crippen LogP contribution in [-0.2, 0) is 9.59 Å². The number of nitrogens with one attached hydrogen (secondary N) is 2. The van der Waals surface area contributed by atoms with E-state index in [1.165, 1.54) is 12.8 Å². The van der Waals surface area contributed by atoms with E-state index in [-0.39, 0.29) is 5.91 Å². The number of hydrogen-bond acceptors (Lipinski definition) is 3. The second kappa shape index (κ2) is 7.78. The topological polar surface area (TPSA) is 78.4 Å². The SMILES string of the molecule is O=C(CCC1CCCCN1)NCC1(C(=O)O)CCCCC1. The van der Waals surface area contributed by atoms with E-state index in [1.54, 1.807) is 0 Å². The number of carbonyl (C=O) groups excluding carboxylic acids is 1. The van der Waals surface area contributed by atoms with Crippen LogP contribution in [-0.4, -0.2) is 36.1 Å². The van der Waals surface area contributed by atoms with E-state index in [9.17, 15) is 14.7 Å². The fourth-order valence-electron chi connectivity index (χ4n) is 3.53. The Morgan fingerprint density at radius 1 is 1.14 bits per heavy atom. The molecule has 0 radical (unpaired) electrons. The van der Waals surface area contributed by atoms with Crippen LogP contribution in [0.1, 0.15) is 64.2 Å². The third-order valence-corrected chi connectivity index (χ3v) is 5.02. The number of piperidine rings is 1. The van der Waals surface area contributed by atoms with E-state index >= 15 is 0 Å². The van der Waals surface area contributed by atoms with Crippen LogP contribution in [0, 0.1) is 5.41 Å². The molecule has 3 N–H and O–H groups in total. The van der Waals surface area contributed by atoms with Crippen LogP contribution in [0.3, 0.4) is 0 Å². The molecule has 1 unspecified atom stereocenters. The van der Waals surface area contributed by atoms with Gasteiger partial charge in [0.15, 0.2) is 0 Å². The van der Waals surface area contributed by atoms with Crippen LogP contribution in [0.5, 0.6) is 0 Å². The average molecular weight is 296 g/mol. The Morgan fingerprint density at radius 2 is 1.90 bits per heavy atom. The van der Waals surface area contributed by atoms with Crippen molar-refractivity contribution >= 4 is 11.9 Å². The highest BCUT2D eigenvalue weighted by atomic mass is 16.4. The van der Waals surface area contributed by atoms with Crippen LogP contribution < -0.4 is 10.6 Å². The predicted molar refractivity (Wildman–Crippen MR) is 81.0 cm³/mol. The van der Waals surface area contributed by atoms with Crippen LogP contribution in [0.4, 0.5) is 0 Å².